The molecule has 0 saturated heterocycles. The van der Waals surface area contributed by atoms with Crippen LogP contribution in [0.2, 0.25) is 0 Å². The van der Waals surface area contributed by atoms with Crippen LogP contribution in [0.3, 0.4) is 0 Å². The zero-order chi connectivity index (χ0) is 14.5. The van der Waals surface area contributed by atoms with E-state index >= 15 is 0 Å². The highest BCUT2D eigenvalue weighted by molar-refractivity contribution is 7.89. The smallest absolute Gasteiger partial charge is 0.246 e. The van der Waals surface area contributed by atoms with E-state index in [0.717, 1.165) is 17.3 Å². The maximum Gasteiger partial charge on any atom is 0.246 e. The van der Waals surface area contributed by atoms with Crippen molar-refractivity contribution >= 4 is 16.0 Å². The summed E-state index contributed by atoms with van der Waals surface area (Å²) >= 11 is 0. The zero-order valence-corrected chi connectivity index (χ0v) is 12.2. The summed E-state index contributed by atoms with van der Waals surface area (Å²) in [5, 5.41) is 12.0. The maximum atomic E-state index is 12.2. The van der Waals surface area contributed by atoms with Gasteiger partial charge in [-0.15, -0.1) is 0 Å². The number of sulfonamides is 1. The van der Waals surface area contributed by atoms with Crippen LogP contribution in [-0.2, 0) is 10.0 Å². The van der Waals surface area contributed by atoms with Crippen molar-refractivity contribution in [3.63, 3.8) is 0 Å². The number of hydrogen-bond donors (Lipinski definition) is 2. The van der Waals surface area contributed by atoms with E-state index in [0.29, 0.717) is 5.95 Å². The van der Waals surface area contributed by atoms with Crippen LogP contribution in [-0.4, -0.2) is 54.0 Å². The van der Waals surface area contributed by atoms with Crippen LogP contribution >= 0.6 is 0 Å². The summed E-state index contributed by atoms with van der Waals surface area (Å²) in [4.78, 5) is 7.93. The molecule has 1 atom stereocenters. The fraction of sp³-hybridized carbons (Fsp3) is 0.636. The molecule has 0 aliphatic carbocycles. The van der Waals surface area contributed by atoms with E-state index in [4.69, 9.17) is 5.11 Å². The van der Waals surface area contributed by atoms with Crippen molar-refractivity contribution < 1.29 is 13.5 Å². The maximum absolute atomic E-state index is 12.2. The zero-order valence-electron chi connectivity index (χ0n) is 11.4. The SMILES string of the molecule is CCCNc1ncc(S(=O)(=O)N(C)C(C)CO)cn1. The van der Waals surface area contributed by atoms with Crippen LogP contribution in [0.4, 0.5) is 5.95 Å². The Hall–Kier alpha value is -1.25. The number of aliphatic hydroxyl groups excluding tert-OH is 1. The van der Waals surface area contributed by atoms with Gasteiger partial charge in [-0.1, -0.05) is 6.92 Å². The van der Waals surface area contributed by atoms with Crippen LogP contribution in [0.15, 0.2) is 17.3 Å². The Kier molecular flexibility index (Phi) is 5.64. The van der Waals surface area contributed by atoms with Crippen LogP contribution in [0, 0.1) is 0 Å². The van der Waals surface area contributed by atoms with Gasteiger partial charge in [0, 0.05) is 19.6 Å². The minimum absolute atomic E-state index is 0.0114. The molecule has 0 aliphatic rings. The molecule has 0 radical (unpaired) electrons. The number of hydrogen-bond acceptors (Lipinski definition) is 6. The van der Waals surface area contributed by atoms with Gasteiger partial charge in [-0.05, 0) is 13.3 Å². The minimum atomic E-state index is -3.67. The first-order valence-electron chi connectivity index (χ1n) is 6.08. The third-order valence-electron chi connectivity index (χ3n) is 2.72. The van der Waals surface area contributed by atoms with Crippen molar-refractivity contribution in [2.45, 2.75) is 31.2 Å². The lowest BCUT2D eigenvalue weighted by atomic mass is 10.4. The third-order valence-corrected chi connectivity index (χ3v) is 4.65. The molecular weight excluding hydrogens is 268 g/mol. The molecule has 1 aromatic heterocycles. The molecule has 0 saturated carbocycles. The van der Waals surface area contributed by atoms with Gasteiger partial charge < -0.3 is 10.4 Å². The molecule has 2 N–H and O–H groups in total. The van der Waals surface area contributed by atoms with Gasteiger partial charge in [0.2, 0.25) is 16.0 Å². The fourth-order valence-corrected chi connectivity index (χ4v) is 2.54. The Bertz CT molecular complexity index is 489. The monoisotopic (exact) mass is 288 g/mol. The first kappa shape index (κ1) is 15.8. The second-order valence-electron chi connectivity index (χ2n) is 4.22. The normalized spacial score (nSPS) is 13.5. The summed E-state index contributed by atoms with van der Waals surface area (Å²) < 4.78 is 25.4. The lowest BCUT2D eigenvalue weighted by Gasteiger charge is -2.22. The fourth-order valence-electron chi connectivity index (χ4n) is 1.30. The number of aromatic nitrogens is 2. The molecule has 8 heteroatoms. The molecule has 7 nitrogen and oxygen atoms in total. The van der Waals surface area contributed by atoms with Crippen molar-refractivity contribution in [1.82, 2.24) is 14.3 Å². The molecule has 0 amide bonds. The summed E-state index contributed by atoms with van der Waals surface area (Å²) in [6, 6.07) is -0.497. The van der Waals surface area contributed by atoms with Crippen molar-refractivity contribution in [2.75, 3.05) is 25.5 Å². The minimum Gasteiger partial charge on any atom is -0.395 e. The average Bonchev–Trinajstić information content (AvgIpc) is 2.43. The highest BCUT2D eigenvalue weighted by atomic mass is 32.2. The third kappa shape index (κ3) is 3.85. The Morgan fingerprint density at radius 3 is 2.47 bits per heavy atom. The van der Waals surface area contributed by atoms with E-state index in [1.807, 2.05) is 6.92 Å². The molecule has 0 fully saturated rings. The number of nitrogens with zero attached hydrogens (tertiary/aromatic N) is 3. The topological polar surface area (TPSA) is 95.4 Å². The Morgan fingerprint density at radius 1 is 1.42 bits per heavy atom. The number of aliphatic hydroxyl groups is 1. The standard InChI is InChI=1S/C11H20N4O3S/c1-4-5-12-11-13-6-10(7-14-11)19(17,18)15(3)9(2)8-16/h6-7,9,16H,4-5,8H2,1-3H3,(H,12,13,14). The molecule has 0 bridgehead atoms. The second-order valence-corrected chi connectivity index (χ2v) is 6.22. The van der Waals surface area contributed by atoms with E-state index in [9.17, 15) is 8.42 Å². The first-order chi connectivity index (χ1) is 8.93. The Morgan fingerprint density at radius 2 is 2.00 bits per heavy atom. The summed E-state index contributed by atoms with van der Waals surface area (Å²) in [6.45, 7) is 4.12. The molecule has 0 spiro atoms. The van der Waals surface area contributed by atoms with E-state index in [1.165, 1.54) is 19.4 Å². The first-order valence-corrected chi connectivity index (χ1v) is 7.52. The molecule has 19 heavy (non-hydrogen) atoms. The van der Waals surface area contributed by atoms with Crippen LogP contribution < -0.4 is 5.32 Å². The lowest BCUT2D eigenvalue weighted by Crippen LogP contribution is -2.37. The molecule has 1 aromatic rings. The van der Waals surface area contributed by atoms with Crippen molar-refractivity contribution in [2.24, 2.45) is 0 Å². The molecule has 1 unspecified atom stereocenters. The molecule has 108 valence electrons. The predicted octanol–water partition coefficient (Wildman–Crippen LogP) is 0.300. The van der Waals surface area contributed by atoms with Crippen molar-refractivity contribution in [1.29, 1.82) is 0 Å². The van der Waals surface area contributed by atoms with Gasteiger partial charge in [0.15, 0.2) is 0 Å². The van der Waals surface area contributed by atoms with Crippen LogP contribution in [0.5, 0.6) is 0 Å². The highest BCUT2D eigenvalue weighted by Crippen LogP contribution is 2.15. The summed E-state index contributed by atoms with van der Waals surface area (Å²) in [5.41, 5.74) is 0. The Balaban J connectivity index is 2.90. The molecule has 0 aromatic carbocycles. The van der Waals surface area contributed by atoms with E-state index in [2.05, 4.69) is 15.3 Å². The van der Waals surface area contributed by atoms with Gasteiger partial charge in [0.25, 0.3) is 0 Å². The number of anilines is 1. The van der Waals surface area contributed by atoms with Gasteiger partial charge in [0.1, 0.15) is 4.90 Å². The van der Waals surface area contributed by atoms with E-state index in [1.54, 1.807) is 6.92 Å². The van der Waals surface area contributed by atoms with Crippen LogP contribution in [0.25, 0.3) is 0 Å². The van der Waals surface area contributed by atoms with Gasteiger partial charge in [0.05, 0.1) is 19.0 Å². The van der Waals surface area contributed by atoms with Gasteiger partial charge in [-0.25, -0.2) is 18.4 Å². The largest absolute Gasteiger partial charge is 0.395 e. The van der Waals surface area contributed by atoms with Crippen molar-refractivity contribution in [3.8, 4) is 0 Å². The summed E-state index contributed by atoms with van der Waals surface area (Å²) in [5.74, 6) is 0.402. The number of likely N-dealkylation sites (N-methyl/N-ethyl adjacent to an activating group) is 1. The molecule has 0 aliphatic heterocycles. The van der Waals surface area contributed by atoms with Crippen molar-refractivity contribution in [3.05, 3.63) is 12.4 Å². The highest BCUT2D eigenvalue weighted by Gasteiger charge is 2.25. The average molecular weight is 288 g/mol. The van der Waals surface area contributed by atoms with E-state index in [-0.39, 0.29) is 11.5 Å². The van der Waals surface area contributed by atoms with Crippen LogP contribution in [0.1, 0.15) is 20.3 Å². The molecular formula is C11H20N4O3S. The van der Waals surface area contributed by atoms with E-state index < -0.39 is 16.1 Å². The molecule has 1 rings (SSSR count). The quantitative estimate of drug-likeness (QED) is 0.749. The summed E-state index contributed by atoms with van der Waals surface area (Å²) in [6.07, 6.45) is 3.46. The van der Waals surface area contributed by atoms with Gasteiger partial charge in [-0.2, -0.15) is 4.31 Å². The number of nitrogens with one attached hydrogen (secondary N) is 1. The van der Waals surface area contributed by atoms with Gasteiger partial charge >= 0.3 is 0 Å². The van der Waals surface area contributed by atoms with Gasteiger partial charge in [-0.3, -0.25) is 0 Å². The Labute approximate surface area is 113 Å². The molecule has 1 heterocycles. The number of rotatable bonds is 7. The predicted molar refractivity (Wildman–Crippen MR) is 72.3 cm³/mol. The second kappa shape index (κ2) is 6.78. The summed E-state index contributed by atoms with van der Waals surface area (Å²) in [7, 11) is -2.25. The lowest BCUT2D eigenvalue weighted by molar-refractivity contribution is 0.214.